The van der Waals surface area contributed by atoms with Crippen LogP contribution in [0.3, 0.4) is 0 Å². The third-order valence-corrected chi connectivity index (χ3v) is 6.16. The zero-order valence-electron chi connectivity index (χ0n) is 14.8. The highest BCUT2D eigenvalue weighted by molar-refractivity contribution is 6.42. The lowest BCUT2D eigenvalue weighted by molar-refractivity contribution is -0.135. The van der Waals surface area contributed by atoms with Crippen LogP contribution in [0.5, 0.6) is 0 Å². The van der Waals surface area contributed by atoms with Gasteiger partial charge in [0.15, 0.2) is 0 Å². The summed E-state index contributed by atoms with van der Waals surface area (Å²) in [6.45, 7) is 2.06. The summed E-state index contributed by atoms with van der Waals surface area (Å²) in [5.74, 6) is 0.626. The van der Waals surface area contributed by atoms with Crippen molar-refractivity contribution in [3.8, 4) is 0 Å². The standard InChI is InChI=1S/C19H26Cl2N2O2.ClH/c20-16-5-4-13(10-17(16)21)12-25-15-6-8-23(9-7-15)19(24)11-14-2-1-3-18(14)22;/h4-5,10,14-15,18H,1-3,6-9,11-12,22H2;1H/t14-,18+;/m0./s1. The first-order valence-corrected chi connectivity index (χ1v) is 9.87. The number of likely N-dealkylation sites (tertiary alicyclic amines) is 1. The van der Waals surface area contributed by atoms with E-state index in [0.717, 1.165) is 50.8 Å². The Morgan fingerprint density at radius 3 is 2.50 bits per heavy atom. The number of hydrogen-bond donors (Lipinski definition) is 1. The van der Waals surface area contributed by atoms with Crippen molar-refractivity contribution in [1.29, 1.82) is 0 Å². The molecule has 1 saturated carbocycles. The fourth-order valence-electron chi connectivity index (χ4n) is 3.79. The number of amides is 1. The molecule has 3 rings (SSSR count). The molecule has 1 amide bonds. The molecule has 2 aliphatic rings. The van der Waals surface area contributed by atoms with E-state index < -0.39 is 0 Å². The van der Waals surface area contributed by atoms with Crippen molar-refractivity contribution in [3.05, 3.63) is 33.8 Å². The molecular formula is C19H27Cl3N2O2. The average Bonchev–Trinajstić information content (AvgIpc) is 3.01. The van der Waals surface area contributed by atoms with Crippen LogP contribution in [0.2, 0.25) is 10.0 Å². The van der Waals surface area contributed by atoms with E-state index in [9.17, 15) is 4.79 Å². The van der Waals surface area contributed by atoms with Crippen molar-refractivity contribution in [2.24, 2.45) is 11.7 Å². The minimum Gasteiger partial charge on any atom is -0.373 e. The summed E-state index contributed by atoms with van der Waals surface area (Å²) in [7, 11) is 0. The minimum atomic E-state index is 0. The lowest BCUT2D eigenvalue weighted by atomic mass is 9.98. The van der Waals surface area contributed by atoms with Gasteiger partial charge in [-0.15, -0.1) is 12.4 Å². The largest absolute Gasteiger partial charge is 0.373 e. The number of nitrogens with zero attached hydrogens (tertiary/aromatic N) is 1. The first-order valence-electron chi connectivity index (χ1n) is 9.12. The summed E-state index contributed by atoms with van der Waals surface area (Å²) in [6.07, 6.45) is 5.86. The second-order valence-electron chi connectivity index (χ2n) is 7.20. The van der Waals surface area contributed by atoms with Crippen molar-refractivity contribution >= 4 is 41.5 Å². The van der Waals surface area contributed by atoms with Crippen molar-refractivity contribution in [1.82, 2.24) is 4.90 Å². The average molecular weight is 422 g/mol. The zero-order chi connectivity index (χ0) is 17.8. The predicted molar refractivity (Wildman–Crippen MR) is 108 cm³/mol. The van der Waals surface area contributed by atoms with Crippen molar-refractivity contribution in [3.63, 3.8) is 0 Å². The van der Waals surface area contributed by atoms with Crippen molar-refractivity contribution in [2.75, 3.05) is 13.1 Å². The van der Waals surface area contributed by atoms with E-state index >= 15 is 0 Å². The molecule has 1 aromatic carbocycles. The molecule has 146 valence electrons. The molecule has 4 nitrogen and oxygen atoms in total. The van der Waals surface area contributed by atoms with E-state index in [4.69, 9.17) is 33.7 Å². The van der Waals surface area contributed by atoms with Gasteiger partial charge < -0.3 is 15.4 Å². The normalized spacial score (nSPS) is 23.7. The van der Waals surface area contributed by atoms with E-state index in [1.54, 1.807) is 6.07 Å². The first-order chi connectivity index (χ1) is 12.0. The van der Waals surface area contributed by atoms with Crippen LogP contribution in [-0.2, 0) is 16.1 Å². The Hall–Kier alpha value is -0.520. The molecule has 0 bridgehead atoms. The molecule has 7 heteroatoms. The number of nitrogens with two attached hydrogens (primary N) is 1. The number of carbonyl (C=O) groups excluding carboxylic acids is 1. The van der Waals surface area contributed by atoms with Crippen molar-refractivity contribution in [2.45, 2.75) is 57.3 Å². The Morgan fingerprint density at radius 1 is 1.15 bits per heavy atom. The summed E-state index contributed by atoms with van der Waals surface area (Å²) >= 11 is 12.0. The van der Waals surface area contributed by atoms with Gasteiger partial charge in [0.1, 0.15) is 0 Å². The summed E-state index contributed by atoms with van der Waals surface area (Å²) in [6, 6.07) is 5.76. The highest BCUT2D eigenvalue weighted by atomic mass is 35.5. The highest BCUT2D eigenvalue weighted by Crippen LogP contribution is 2.28. The second kappa shape index (κ2) is 10.1. The molecule has 1 aliphatic heterocycles. The van der Waals surface area contributed by atoms with Gasteiger partial charge in [0.25, 0.3) is 0 Å². The molecule has 2 N–H and O–H groups in total. The van der Waals surface area contributed by atoms with Gasteiger partial charge in [-0.05, 0) is 49.3 Å². The van der Waals surface area contributed by atoms with Gasteiger partial charge in [0.2, 0.25) is 5.91 Å². The monoisotopic (exact) mass is 420 g/mol. The van der Waals surface area contributed by atoms with Crippen molar-refractivity contribution < 1.29 is 9.53 Å². The molecule has 0 radical (unpaired) electrons. The smallest absolute Gasteiger partial charge is 0.222 e. The van der Waals surface area contributed by atoms with Crippen LogP contribution in [0.1, 0.15) is 44.1 Å². The van der Waals surface area contributed by atoms with E-state index in [2.05, 4.69) is 0 Å². The van der Waals surface area contributed by atoms with Crippen LogP contribution in [0.4, 0.5) is 0 Å². The zero-order valence-corrected chi connectivity index (χ0v) is 17.2. The molecule has 2 fully saturated rings. The van der Waals surface area contributed by atoms with Gasteiger partial charge in [0, 0.05) is 25.6 Å². The SMILES string of the molecule is Cl.N[C@@H]1CCC[C@H]1CC(=O)N1CCC(OCc2ccc(Cl)c(Cl)c2)CC1. The molecule has 1 aromatic rings. The second-order valence-corrected chi connectivity index (χ2v) is 8.01. The van der Waals surface area contributed by atoms with E-state index in [1.165, 1.54) is 0 Å². The molecular weight excluding hydrogens is 395 g/mol. The number of rotatable bonds is 5. The van der Waals surface area contributed by atoms with Crippen LogP contribution < -0.4 is 5.73 Å². The van der Waals surface area contributed by atoms with Crippen LogP contribution >= 0.6 is 35.6 Å². The number of carbonyl (C=O) groups is 1. The van der Waals surface area contributed by atoms with Crippen LogP contribution in [-0.4, -0.2) is 36.0 Å². The van der Waals surface area contributed by atoms with Crippen LogP contribution in [0.25, 0.3) is 0 Å². The topological polar surface area (TPSA) is 55.6 Å². The highest BCUT2D eigenvalue weighted by Gasteiger charge is 2.29. The van der Waals surface area contributed by atoms with E-state index in [1.807, 2.05) is 17.0 Å². The number of piperidine rings is 1. The summed E-state index contributed by atoms with van der Waals surface area (Å²) < 4.78 is 5.98. The molecule has 1 heterocycles. The third-order valence-electron chi connectivity index (χ3n) is 5.42. The minimum absolute atomic E-state index is 0. The summed E-state index contributed by atoms with van der Waals surface area (Å²) in [5.41, 5.74) is 7.10. The molecule has 26 heavy (non-hydrogen) atoms. The van der Waals surface area contributed by atoms with Gasteiger partial charge in [-0.2, -0.15) is 0 Å². The Labute approximate surface area is 171 Å². The number of benzene rings is 1. The fraction of sp³-hybridized carbons (Fsp3) is 0.632. The molecule has 1 saturated heterocycles. The predicted octanol–water partition coefficient (Wildman–Crippen LogP) is 4.44. The maximum absolute atomic E-state index is 12.5. The number of ether oxygens (including phenoxy) is 1. The van der Waals surface area contributed by atoms with Gasteiger partial charge in [-0.25, -0.2) is 0 Å². The van der Waals surface area contributed by atoms with E-state index in [0.29, 0.717) is 29.0 Å². The third kappa shape index (κ3) is 5.74. The Kier molecular flexibility index (Phi) is 8.49. The summed E-state index contributed by atoms with van der Waals surface area (Å²) in [5, 5.41) is 1.10. The Balaban J connectivity index is 0.00000243. The quantitative estimate of drug-likeness (QED) is 0.764. The van der Waals surface area contributed by atoms with Crippen LogP contribution in [0, 0.1) is 5.92 Å². The fourth-order valence-corrected chi connectivity index (χ4v) is 4.11. The summed E-state index contributed by atoms with van der Waals surface area (Å²) in [4.78, 5) is 14.4. The van der Waals surface area contributed by atoms with Gasteiger partial charge in [0.05, 0.1) is 22.8 Å². The maximum Gasteiger partial charge on any atom is 0.222 e. The maximum atomic E-state index is 12.5. The van der Waals surface area contributed by atoms with Crippen LogP contribution in [0.15, 0.2) is 18.2 Å². The molecule has 0 spiro atoms. The number of halogens is 3. The molecule has 0 aromatic heterocycles. The Bertz CT molecular complexity index is 606. The molecule has 2 atom stereocenters. The van der Waals surface area contributed by atoms with Gasteiger partial charge >= 0.3 is 0 Å². The number of hydrogen-bond acceptors (Lipinski definition) is 3. The first kappa shape index (κ1) is 21.8. The van der Waals surface area contributed by atoms with Gasteiger partial charge in [-0.3, -0.25) is 4.79 Å². The Morgan fingerprint density at radius 2 is 1.88 bits per heavy atom. The lowest BCUT2D eigenvalue weighted by Gasteiger charge is -2.33. The van der Waals surface area contributed by atoms with E-state index in [-0.39, 0.29) is 30.5 Å². The molecule has 1 aliphatic carbocycles. The molecule has 0 unspecified atom stereocenters. The lowest BCUT2D eigenvalue weighted by Crippen LogP contribution is -2.42. The van der Waals surface area contributed by atoms with Gasteiger partial charge in [-0.1, -0.05) is 35.7 Å².